The van der Waals surface area contributed by atoms with Crippen LogP contribution >= 0.6 is 0 Å². The highest BCUT2D eigenvalue weighted by molar-refractivity contribution is 5.94. The van der Waals surface area contributed by atoms with E-state index in [1.165, 1.54) is 0 Å². The molecule has 36 heavy (non-hydrogen) atoms. The summed E-state index contributed by atoms with van der Waals surface area (Å²) in [6.45, 7) is 2.65. The zero-order valence-corrected chi connectivity index (χ0v) is 20.7. The van der Waals surface area contributed by atoms with E-state index in [1.54, 1.807) is 12.1 Å². The zero-order chi connectivity index (χ0) is 25.4. The van der Waals surface area contributed by atoms with Crippen LogP contribution < -0.4 is 5.32 Å². The lowest BCUT2D eigenvalue weighted by molar-refractivity contribution is -0.149. The first-order valence-electron chi connectivity index (χ1n) is 12.8. The van der Waals surface area contributed by atoms with E-state index >= 15 is 0 Å². The molecule has 2 atom stereocenters. The molecular formula is C31H33NO4. The predicted molar refractivity (Wildman–Crippen MR) is 140 cm³/mol. The Kier molecular flexibility index (Phi) is 8.32. The first-order valence-corrected chi connectivity index (χ1v) is 12.8. The summed E-state index contributed by atoms with van der Waals surface area (Å²) >= 11 is 0. The third-order valence-corrected chi connectivity index (χ3v) is 7.05. The summed E-state index contributed by atoms with van der Waals surface area (Å²) in [5.74, 6) is -0.420. The number of rotatable bonds is 10. The fraction of sp³-hybridized carbons (Fsp3) is 0.323. The highest BCUT2D eigenvalue weighted by Gasteiger charge is 2.49. The SMILES string of the molecule is CCOC(=O)[C@]1(c2ccccc2)CC[C@@H](C(=O)CCCCNC(=O)c2ccccc2)c2ccccc21. The summed E-state index contributed by atoms with van der Waals surface area (Å²) in [7, 11) is 0. The van der Waals surface area contributed by atoms with Crippen molar-refractivity contribution in [1.29, 1.82) is 0 Å². The van der Waals surface area contributed by atoms with Gasteiger partial charge in [-0.2, -0.15) is 0 Å². The molecule has 5 heteroatoms. The highest BCUT2D eigenvalue weighted by Crippen LogP contribution is 2.48. The maximum Gasteiger partial charge on any atom is 0.321 e. The van der Waals surface area contributed by atoms with E-state index in [9.17, 15) is 14.4 Å². The highest BCUT2D eigenvalue weighted by atomic mass is 16.5. The van der Waals surface area contributed by atoms with Crippen LogP contribution in [0.1, 0.15) is 72.0 Å². The van der Waals surface area contributed by atoms with Crippen LogP contribution in [-0.4, -0.2) is 30.8 Å². The number of unbranched alkanes of at least 4 members (excludes halogenated alkanes) is 1. The van der Waals surface area contributed by atoms with Gasteiger partial charge in [-0.1, -0.05) is 72.8 Å². The van der Waals surface area contributed by atoms with Gasteiger partial charge in [0, 0.05) is 24.4 Å². The van der Waals surface area contributed by atoms with Crippen molar-refractivity contribution >= 4 is 17.7 Å². The van der Waals surface area contributed by atoms with Crippen molar-refractivity contribution in [2.45, 2.75) is 50.4 Å². The number of carbonyl (C=O) groups is 3. The van der Waals surface area contributed by atoms with E-state index in [2.05, 4.69) is 5.32 Å². The minimum atomic E-state index is -0.910. The predicted octanol–water partition coefficient (Wildman–Crippen LogP) is 5.58. The van der Waals surface area contributed by atoms with Crippen LogP contribution in [0.25, 0.3) is 0 Å². The second kappa shape index (κ2) is 11.8. The first kappa shape index (κ1) is 25.4. The molecule has 186 valence electrons. The van der Waals surface area contributed by atoms with Crippen LogP contribution in [0.5, 0.6) is 0 Å². The molecule has 0 aromatic heterocycles. The number of ketones is 1. The van der Waals surface area contributed by atoms with Crippen molar-refractivity contribution in [3.8, 4) is 0 Å². The van der Waals surface area contributed by atoms with Gasteiger partial charge in [-0.25, -0.2) is 0 Å². The van der Waals surface area contributed by atoms with Crippen molar-refractivity contribution in [2.24, 2.45) is 0 Å². The van der Waals surface area contributed by atoms with Gasteiger partial charge >= 0.3 is 5.97 Å². The molecule has 0 fully saturated rings. The fourth-order valence-electron chi connectivity index (χ4n) is 5.27. The van der Waals surface area contributed by atoms with Crippen molar-refractivity contribution in [2.75, 3.05) is 13.2 Å². The van der Waals surface area contributed by atoms with Crippen molar-refractivity contribution in [3.05, 3.63) is 107 Å². The molecule has 0 spiro atoms. The van der Waals surface area contributed by atoms with Gasteiger partial charge in [0.05, 0.1) is 6.61 Å². The molecule has 4 rings (SSSR count). The lowest BCUT2D eigenvalue weighted by atomic mass is 9.62. The maximum absolute atomic E-state index is 13.4. The van der Waals surface area contributed by atoms with Gasteiger partial charge in [0.2, 0.25) is 0 Å². The number of carbonyl (C=O) groups excluding carboxylic acids is 3. The molecule has 0 saturated heterocycles. The minimum Gasteiger partial charge on any atom is -0.465 e. The van der Waals surface area contributed by atoms with E-state index in [4.69, 9.17) is 4.74 Å². The molecule has 3 aromatic rings. The Labute approximate surface area is 212 Å². The average Bonchev–Trinajstić information content (AvgIpc) is 2.93. The molecule has 5 nitrogen and oxygen atoms in total. The van der Waals surface area contributed by atoms with Crippen molar-refractivity contribution in [1.82, 2.24) is 5.32 Å². The Bertz CT molecular complexity index is 1190. The third kappa shape index (κ3) is 5.25. The molecule has 1 aliphatic rings. The van der Waals surface area contributed by atoms with Gasteiger partial charge in [-0.3, -0.25) is 14.4 Å². The monoisotopic (exact) mass is 483 g/mol. The smallest absolute Gasteiger partial charge is 0.321 e. The quantitative estimate of drug-likeness (QED) is 0.302. The molecule has 0 saturated carbocycles. The Balaban J connectivity index is 1.45. The largest absolute Gasteiger partial charge is 0.465 e. The Morgan fingerprint density at radius 3 is 2.28 bits per heavy atom. The number of esters is 1. The summed E-state index contributed by atoms with van der Waals surface area (Å²) < 4.78 is 5.58. The van der Waals surface area contributed by atoms with Gasteiger partial charge in [0.1, 0.15) is 11.2 Å². The average molecular weight is 484 g/mol. The molecule has 0 unspecified atom stereocenters. The Morgan fingerprint density at radius 2 is 1.56 bits per heavy atom. The second-order valence-electron chi connectivity index (χ2n) is 9.22. The van der Waals surface area contributed by atoms with Gasteiger partial charge in [0.15, 0.2) is 0 Å². The van der Waals surface area contributed by atoms with E-state index in [0.29, 0.717) is 44.4 Å². The standard InChI is InChI=1S/C31H33NO4/c1-2-36-30(35)31(24-15-7-4-8-16-24)21-20-26(25-17-9-10-18-27(25)31)28(33)19-11-12-22-32-29(34)23-13-5-3-6-14-23/h3-10,13-18,26H,2,11-12,19-22H2,1H3,(H,32,34)/t26-,31+/m1/s1. The van der Waals surface area contributed by atoms with Crippen molar-refractivity contribution < 1.29 is 19.1 Å². The Hall–Kier alpha value is -3.73. The van der Waals surface area contributed by atoms with Crippen LogP contribution in [0, 0.1) is 0 Å². The molecule has 0 aliphatic heterocycles. The van der Waals surface area contributed by atoms with Gasteiger partial charge in [0.25, 0.3) is 5.91 Å². The normalized spacial score (nSPS) is 18.6. The molecular weight excluding hydrogens is 450 g/mol. The number of benzene rings is 3. The number of hydrogen-bond donors (Lipinski definition) is 1. The molecule has 3 aromatic carbocycles. The topological polar surface area (TPSA) is 72.5 Å². The van der Waals surface area contributed by atoms with Gasteiger partial charge in [-0.05, 0) is 61.4 Å². The minimum absolute atomic E-state index is 0.0978. The molecule has 1 N–H and O–H groups in total. The summed E-state index contributed by atoms with van der Waals surface area (Å²) in [6.07, 6.45) is 2.99. The zero-order valence-electron chi connectivity index (χ0n) is 20.7. The van der Waals surface area contributed by atoms with E-state index in [0.717, 1.165) is 23.1 Å². The lowest BCUT2D eigenvalue weighted by Crippen LogP contribution is -2.43. The number of fused-ring (bicyclic) bond motifs is 1. The van der Waals surface area contributed by atoms with Crippen LogP contribution in [0.3, 0.4) is 0 Å². The molecule has 0 radical (unpaired) electrons. The molecule has 1 amide bonds. The molecule has 0 heterocycles. The lowest BCUT2D eigenvalue weighted by Gasteiger charge is -2.40. The third-order valence-electron chi connectivity index (χ3n) is 7.05. The van der Waals surface area contributed by atoms with Crippen LogP contribution in [-0.2, 0) is 19.7 Å². The van der Waals surface area contributed by atoms with Crippen LogP contribution in [0.15, 0.2) is 84.9 Å². The maximum atomic E-state index is 13.4. The summed E-state index contributed by atoms with van der Waals surface area (Å²) in [6, 6.07) is 26.7. The van der Waals surface area contributed by atoms with Gasteiger partial charge < -0.3 is 10.1 Å². The van der Waals surface area contributed by atoms with Crippen LogP contribution in [0.2, 0.25) is 0 Å². The first-order chi connectivity index (χ1) is 17.6. The summed E-state index contributed by atoms with van der Waals surface area (Å²) in [5, 5.41) is 2.92. The summed E-state index contributed by atoms with van der Waals surface area (Å²) in [4.78, 5) is 38.9. The van der Waals surface area contributed by atoms with Gasteiger partial charge in [-0.15, -0.1) is 0 Å². The van der Waals surface area contributed by atoms with Crippen molar-refractivity contribution in [3.63, 3.8) is 0 Å². The van der Waals surface area contributed by atoms with Crippen LogP contribution in [0.4, 0.5) is 0 Å². The molecule has 0 bridgehead atoms. The van der Waals surface area contributed by atoms with E-state index in [1.807, 2.05) is 79.7 Å². The number of ether oxygens (including phenoxy) is 1. The van der Waals surface area contributed by atoms with E-state index < -0.39 is 5.41 Å². The number of hydrogen-bond acceptors (Lipinski definition) is 4. The number of amides is 1. The second-order valence-corrected chi connectivity index (χ2v) is 9.22. The Morgan fingerprint density at radius 1 is 0.889 bits per heavy atom. The summed E-state index contributed by atoms with van der Waals surface area (Å²) in [5.41, 5.74) is 2.41. The number of nitrogens with one attached hydrogen (secondary N) is 1. The fourth-order valence-corrected chi connectivity index (χ4v) is 5.27. The molecule has 1 aliphatic carbocycles. The number of Topliss-reactive ketones (excluding diaryl/α,β-unsaturated/α-hetero) is 1. The van der Waals surface area contributed by atoms with E-state index in [-0.39, 0.29) is 23.6 Å².